The van der Waals surface area contributed by atoms with E-state index in [9.17, 15) is 9.59 Å². The molecule has 1 unspecified atom stereocenters. The van der Waals surface area contributed by atoms with E-state index in [0.29, 0.717) is 17.3 Å². The fourth-order valence-corrected chi connectivity index (χ4v) is 2.95. The van der Waals surface area contributed by atoms with Gasteiger partial charge in [0.15, 0.2) is 0 Å². The number of nitrogens with one attached hydrogen (secondary N) is 3. The minimum atomic E-state index is -0.526. The predicted molar refractivity (Wildman–Crippen MR) is 85.6 cm³/mol. The molecule has 0 aliphatic carbocycles. The molecule has 8 heteroatoms. The van der Waals surface area contributed by atoms with Crippen LogP contribution < -0.4 is 16.0 Å². The highest BCUT2D eigenvalue weighted by atomic mass is 79.9. The van der Waals surface area contributed by atoms with E-state index in [-0.39, 0.29) is 24.2 Å². The van der Waals surface area contributed by atoms with Crippen molar-refractivity contribution < 1.29 is 9.59 Å². The molecule has 1 saturated heterocycles. The van der Waals surface area contributed by atoms with E-state index >= 15 is 0 Å². The zero-order valence-electron chi connectivity index (χ0n) is 10.9. The molecule has 1 aliphatic rings. The average molecular weight is 383 g/mol. The highest BCUT2D eigenvalue weighted by molar-refractivity contribution is 9.11. The van der Waals surface area contributed by atoms with E-state index in [1.807, 2.05) is 6.07 Å². The van der Waals surface area contributed by atoms with E-state index in [1.54, 1.807) is 13.0 Å². The summed E-state index contributed by atoms with van der Waals surface area (Å²) in [6.45, 7) is 4.25. The molecular formula is C12H17BrClN3O2S. The fourth-order valence-electron chi connectivity index (χ4n) is 1.66. The summed E-state index contributed by atoms with van der Waals surface area (Å²) in [7, 11) is 0. The van der Waals surface area contributed by atoms with Gasteiger partial charge >= 0.3 is 0 Å². The molecule has 1 aromatic rings. The van der Waals surface area contributed by atoms with E-state index < -0.39 is 6.04 Å². The number of rotatable bonds is 5. The van der Waals surface area contributed by atoms with Crippen LogP contribution in [-0.4, -0.2) is 37.5 Å². The van der Waals surface area contributed by atoms with Crippen molar-refractivity contribution in [1.82, 2.24) is 16.0 Å². The van der Waals surface area contributed by atoms with Crippen LogP contribution >= 0.6 is 39.7 Å². The van der Waals surface area contributed by atoms with Crippen molar-refractivity contribution in [1.29, 1.82) is 0 Å². The average Bonchev–Trinajstić information content (AvgIpc) is 2.73. The second-order valence-corrected chi connectivity index (χ2v) is 7.03. The molecule has 1 aromatic heterocycles. The molecule has 5 nitrogen and oxygen atoms in total. The SMILES string of the molecule is CC(NC(=O)c1ccc(Br)s1)C(=O)NCC1CNC1.Cl. The summed E-state index contributed by atoms with van der Waals surface area (Å²) in [5, 5.41) is 8.69. The Morgan fingerprint density at radius 2 is 2.20 bits per heavy atom. The molecule has 20 heavy (non-hydrogen) atoms. The highest BCUT2D eigenvalue weighted by Crippen LogP contribution is 2.21. The zero-order chi connectivity index (χ0) is 13.8. The molecule has 2 amide bonds. The van der Waals surface area contributed by atoms with Gasteiger partial charge in [-0.25, -0.2) is 0 Å². The lowest BCUT2D eigenvalue weighted by atomic mass is 10.0. The van der Waals surface area contributed by atoms with Gasteiger partial charge < -0.3 is 16.0 Å². The quantitative estimate of drug-likeness (QED) is 0.721. The first-order valence-corrected chi connectivity index (χ1v) is 7.72. The summed E-state index contributed by atoms with van der Waals surface area (Å²) in [4.78, 5) is 24.3. The molecule has 0 saturated carbocycles. The largest absolute Gasteiger partial charge is 0.354 e. The Kier molecular flexibility index (Phi) is 6.94. The third-order valence-electron chi connectivity index (χ3n) is 2.97. The van der Waals surface area contributed by atoms with E-state index in [4.69, 9.17) is 0 Å². The van der Waals surface area contributed by atoms with Crippen molar-refractivity contribution in [2.45, 2.75) is 13.0 Å². The third kappa shape index (κ3) is 4.73. The van der Waals surface area contributed by atoms with Gasteiger partial charge in [0, 0.05) is 25.6 Å². The molecular weight excluding hydrogens is 366 g/mol. The van der Waals surface area contributed by atoms with Crippen molar-refractivity contribution >= 4 is 51.5 Å². The zero-order valence-corrected chi connectivity index (χ0v) is 14.2. The first-order chi connectivity index (χ1) is 9.06. The van der Waals surface area contributed by atoms with Gasteiger partial charge in [-0.15, -0.1) is 23.7 Å². The van der Waals surface area contributed by atoms with Gasteiger partial charge in [-0.3, -0.25) is 9.59 Å². The highest BCUT2D eigenvalue weighted by Gasteiger charge is 2.21. The Morgan fingerprint density at radius 3 is 2.70 bits per heavy atom. The Labute approximate surface area is 136 Å². The molecule has 2 rings (SSSR count). The Bertz CT molecular complexity index is 479. The number of thiophene rings is 1. The van der Waals surface area contributed by atoms with Crippen LogP contribution in [0, 0.1) is 5.92 Å². The lowest BCUT2D eigenvalue weighted by molar-refractivity contribution is -0.122. The minimum absolute atomic E-state index is 0. The van der Waals surface area contributed by atoms with Crippen LogP contribution in [-0.2, 0) is 4.79 Å². The van der Waals surface area contributed by atoms with Crippen LogP contribution in [0.2, 0.25) is 0 Å². The number of halogens is 2. The molecule has 1 fully saturated rings. The second-order valence-electron chi connectivity index (χ2n) is 4.57. The Morgan fingerprint density at radius 1 is 1.50 bits per heavy atom. The summed E-state index contributed by atoms with van der Waals surface area (Å²) in [6, 6.07) is 3.02. The Balaban J connectivity index is 0.00000200. The van der Waals surface area contributed by atoms with Crippen molar-refractivity contribution in [2.75, 3.05) is 19.6 Å². The van der Waals surface area contributed by atoms with Crippen molar-refractivity contribution in [3.05, 3.63) is 20.8 Å². The predicted octanol–water partition coefficient (Wildman–Crippen LogP) is 1.39. The van der Waals surface area contributed by atoms with E-state index in [0.717, 1.165) is 16.9 Å². The van der Waals surface area contributed by atoms with Gasteiger partial charge in [0.2, 0.25) is 5.91 Å². The molecule has 1 atom stereocenters. The van der Waals surface area contributed by atoms with E-state index in [1.165, 1.54) is 11.3 Å². The number of amides is 2. The van der Waals surface area contributed by atoms with Crippen LogP contribution in [0.3, 0.4) is 0 Å². The number of hydrogen-bond acceptors (Lipinski definition) is 4. The van der Waals surface area contributed by atoms with Gasteiger partial charge in [-0.1, -0.05) is 0 Å². The van der Waals surface area contributed by atoms with Crippen molar-refractivity contribution in [3.63, 3.8) is 0 Å². The van der Waals surface area contributed by atoms with Crippen LogP contribution in [0.15, 0.2) is 15.9 Å². The fraction of sp³-hybridized carbons (Fsp3) is 0.500. The maximum atomic E-state index is 11.9. The number of carbonyl (C=O) groups is 2. The molecule has 1 aliphatic heterocycles. The first kappa shape index (κ1) is 17.4. The van der Waals surface area contributed by atoms with Crippen molar-refractivity contribution in [3.8, 4) is 0 Å². The summed E-state index contributed by atoms with van der Waals surface area (Å²) in [5.41, 5.74) is 0. The van der Waals surface area contributed by atoms with Gasteiger partial charge in [-0.2, -0.15) is 0 Å². The minimum Gasteiger partial charge on any atom is -0.354 e. The summed E-state index contributed by atoms with van der Waals surface area (Å²) >= 11 is 4.65. The lowest BCUT2D eigenvalue weighted by Gasteiger charge is -2.27. The van der Waals surface area contributed by atoms with Gasteiger partial charge in [0.25, 0.3) is 5.91 Å². The third-order valence-corrected chi connectivity index (χ3v) is 4.59. The first-order valence-electron chi connectivity index (χ1n) is 6.11. The van der Waals surface area contributed by atoms with Gasteiger partial charge in [-0.05, 0) is 35.0 Å². The number of hydrogen-bond donors (Lipinski definition) is 3. The maximum Gasteiger partial charge on any atom is 0.262 e. The summed E-state index contributed by atoms with van der Waals surface area (Å²) in [6.07, 6.45) is 0. The smallest absolute Gasteiger partial charge is 0.262 e. The molecule has 0 radical (unpaired) electrons. The summed E-state index contributed by atoms with van der Waals surface area (Å²) < 4.78 is 0.896. The standard InChI is InChI=1S/C12H16BrN3O2S.ClH/c1-7(11(17)15-6-8-4-14-5-8)16-12(18)9-2-3-10(13)19-9;/h2-3,7-8,14H,4-6H2,1H3,(H,15,17)(H,16,18);1H. The Hall–Kier alpha value is -0.630. The maximum absolute atomic E-state index is 11.9. The summed E-state index contributed by atoms with van der Waals surface area (Å²) in [5.74, 6) is 0.152. The van der Waals surface area contributed by atoms with Gasteiger partial charge in [0.1, 0.15) is 6.04 Å². The van der Waals surface area contributed by atoms with E-state index in [2.05, 4.69) is 31.9 Å². The number of carbonyl (C=O) groups excluding carboxylic acids is 2. The van der Waals surface area contributed by atoms with Crippen LogP contribution in [0.25, 0.3) is 0 Å². The normalized spacial score (nSPS) is 15.7. The molecule has 0 aromatic carbocycles. The van der Waals surface area contributed by atoms with Crippen LogP contribution in [0.1, 0.15) is 16.6 Å². The van der Waals surface area contributed by atoms with Crippen LogP contribution in [0.5, 0.6) is 0 Å². The topological polar surface area (TPSA) is 70.2 Å². The van der Waals surface area contributed by atoms with Crippen molar-refractivity contribution in [2.24, 2.45) is 5.92 Å². The van der Waals surface area contributed by atoms with Gasteiger partial charge in [0.05, 0.1) is 8.66 Å². The molecule has 0 bridgehead atoms. The van der Waals surface area contributed by atoms with Crippen LogP contribution in [0.4, 0.5) is 0 Å². The molecule has 112 valence electrons. The monoisotopic (exact) mass is 381 g/mol. The molecule has 2 heterocycles. The lowest BCUT2D eigenvalue weighted by Crippen LogP contribution is -2.51. The second kappa shape index (κ2) is 7.97. The molecule has 3 N–H and O–H groups in total. The molecule has 0 spiro atoms.